The Morgan fingerprint density at radius 1 is 1.11 bits per heavy atom. The topological polar surface area (TPSA) is 51.1 Å². The SMILES string of the molecule is C[C@@H](CCc1ccccc1)NC(=O)CSc1cc(=O)n(C)c2ccccc12. The molecule has 0 aliphatic carbocycles. The summed E-state index contributed by atoms with van der Waals surface area (Å²) in [5.41, 5.74) is 2.09. The fraction of sp³-hybridized carbons (Fsp3) is 0.273. The summed E-state index contributed by atoms with van der Waals surface area (Å²) in [6, 6.07) is 19.8. The van der Waals surface area contributed by atoms with Crippen molar-refractivity contribution in [2.75, 3.05) is 5.75 Å². The van der Waals surface area contributed by atoms with Crippen molar-refractivity contribution in [3.8, 4) is 0 Å². The van der Waals surface area contributed by atoms with E-state index in [2.05, 4.69) is 17.4 Å². The zero-order valence-corrected chi connectivity index (χ0v) is 16.5. The van der Waals surface area contributed by atoms with Gasteiger partial charge in [-0.25, -0.2) is 0 Å². The number of aryl methyl sites for hydroxylation is 2. The minimum absolute atomic E-state index is 0.00896. The molecule has 0 bridgehead atoms. The molecule has 0 aliphatic heterocycles. The number of amides is 1. The summed E-state index contributed by atoms with van der Waals surface area (Å²) < 4.78 is 1.63. The van der Waals surface area contributed by atoms with Gasteiger partial charge in [0.25, 0.3) is 5.56 Å². The van der Waals surface area contributed by atoms with Crippen LogP contribution >= 0.6 is 11.8 Å². The highest BCUT2D eigenvalue weighted by atomic mass is 32.2. The van der Waals surface area contributed by atoms with Crippen LogP contribution in [-0.4, -0.2) is 22.3 Å². The number of para-hydroxylation sites is 1. The average Bonchev–Trinajstić information content (AvgIpc) is 2.69. The first-order chi connectivity index (χ1) is 13.0. The molecule has 1 aromatic heterocycles. The summed E-state index contributed by atoms with van der Waals surface area (Å²) in [5, 5.41) is 4.05. The molecule has 1 heterocycles. The highest BCUT2D eigenvalue weighted by molar-refractivity contribution is 8.00. The predicted molar refractivity (Wildman–Crippen MR) is 112 cm³/mol. The molecule has 27 heavy (non-hydrogen) atoms. The van der Waals surface area contributed by atoms with Crippen LogP contribution < -0.4 is 10.9 Å². The molecule has 3 rings (SSSR count). The second-order valence-electron chi connectivity index (χ2n) is 6.70. The van der Waals surface area contributed by atoms with Gasteiger partial charge in [0.05, 0.1) is 11.3 Å². The first-order valence-corrected chi connectivity index (χ1v) is 10.1. The molecule has 5 heteroatoms. The van der Waals surface area contributed by atoms with E-state index in [1.807, 2.05) is 49.4 Å². The lowest BCUT2D eigenvalue weighted by atomic mass is 10.1. The Hall–Kier alpha value is -2.53. The van der Waals surface area contributed by atoms with Crippen molar-refractivity contribution in [2.24, 2.45) is 7.05 Å². The molecule has 0 aliphatic rings. The van der Waals surface area contributed by atoms with Gasteiger partial charge in [-0.1, -0.05) is 48.5 Å². The van der Waals surface area contributed by atoms with Crippen molar-refractivity contribution in [3.63, 3.8) is 0 Å². The van der Waals surface area contributed by atoms with E-state index in [-0.39, 0.29) is 17.5 Å². The molecule has 0 saturated heterocycles. The normalized spacial score (nSPS) is 12.1. The van der Waals surface area contributed by atoms with Gasteiger partial charge in [-0.05, 0) is 31.4 Å². The number of thioether (sulfide) groups is 1. The van der Waals surface area contributed by atoms with Crippen LogP contribution in [0.2, 0.25) is 0 Å². The van der Waals surface area contributed by atoms with Crippen LogP contribution in [0.5, 0.6) is 0 Å². The first kappa shape index (κ1) is 19.2. The van der Waals surface area contributed by atoms with Crippen LogP contribution in [0, 0.1) is 0 Å². The molecular weight excluding hydrogens is 356 g/mol. The number of nitrogens with zero attached hydrogens (tertiary/aromatic N) is 1. The third-order valence-electron chi connectivity index (χ3n) is 4.59. The molecule has 0 spiro atoms. The van der Waals surface area contributed by atoms with Gasteiger partial charge in [0, 0.05) is 29.4 Å². The highest BCUT2D eigenvalue weighted by Gasteiger charge is 2.11. The van der Waals surface area contributed by atoms with Gasteiger partial charge < -0.3 is 9.88 Å². The largest absolute Gasteiger partial charge is 0.353 e. The van der Waals surface area contributed by atoms with Crippen LogP contribution in [-0.2, 0) is 18.3 Å². The van der Waals surface area contributed by atoms with Gasteiger partial charge >= 0.3 is 0 Å². The number of carbonyl (C=O) groups excluding carboxylic acids is 1. The number of carbonyl (C=O) groups is 1. The van der Waals surface area contributed by atoms with Crippen molar-refractivity contribution in [1.29, 1.82) is 0 Å². The zero-order valence-electron chi connectivity index (χ0n) is 15.6. The molecule has 3 aromatic rings. The lowest BCUT2D eigenvalue weighted by Crippen LogP contribution is -2.34. The Morgan fingerprint density at radius 3 is 2.59 bits per heavy atom. The third-order valence-corrected chi connectivity index (χ3v) is 5.65. The summed E-state index contributed by atoms with van der Waals surface area (Å²) in [6.45, 7) is 2.03. The lowest BCUT2D eigenvalue weighted by Gasteiger charge is -2.14. The van der Waals surface area contributed by atoms with E-state index in [1.54, 1.807) is 17.7 Å². The fourth-order valence-electron chi connectivity index (χ4n) is 3.06. The Kier molecular flexibility index (Phi) is 6.35. The zero-order chi connectivity index (χ0) is 19.2. The maximum Gasteiger partial charge on any atom is 0.251 e. The molecule has 0 fully saturated rings. The van der Waals surface area contributed by atoms with E-state index in [0.29, 0.717) is 5.75 Å². The van der Waals surface area contributed by atoms with Gasteiger partial charge in [-0.2, -0.15) is 0 Å². The summed E-state index contributed by atoms with van der Waals surface area (Å²) in [6.07, 6.45) is 1.84. The highest BCUT2D eigenvalue weighted by Crippen LogP contribution is 2.25. The van der Waals surface area contributed by atoms with Crippen LogP contribution in [0.3, 0.4) is 0 Å². The number of benzene rings is 2. The first-order valence-electron chi connectivity index (χ1n) is 9.09. The summed E-state index contributed by atoms with van der Waals surface area (Å²) in [4.78, 5) is 25.3. The van der Waals surface area contributed by atoms with E-state index in [0.717, 1.165) is 28.6 Å². The Balaban J connectivity index is 1.57. The Morgan fingerprint density at radius 2 is 1.81 bits per heavy atom. The predicted octanol–water partition coefficient (Wildman–Crippen LogP) is 3.77. The van der Waals surface area contributed by atoms with Gasteiger partial charge in [0.15, 0.2) is 0 Å². The number of rotatable bonds is 7. The summed E-state index contributed by atoms with van der Waals surface area (Å²) >= 11 is 1.41. The third kappa shape index (κ3) is 5.01. The number of nitrogens with one attached hydrogen (secondary N) is 1. The molecule has 0 unspecified atom stereocenters. The molecular formula is C22H24N2O2S. The maximum absolute atomic E-state index is 12.3. The van der Waals surface area contributed by atoms with Crippen molar-refractivity contribution >= 4 is 28.6 Å². The second-order valence-corrected chi connectivity index (χ2v) is 7.72. The standard InChI is InChI=1S/C22H24N2O2S/c1-16(12-13-17-8-4-3-5-9-17)23-21(25)15-27-20-14-22(26)24(2)19-11-7-6-10-18(19)20/h3-11,14,16H,12-13,15H2,1-2H3,(H,23,25)/t16-/m0/s1. The Labute approximate surface area is 163 Å². The molecule has 4 nitrogen and oxygen atoms in total. The second kappa shape index (κ2) is 8.91. The maximum atomic E-state index is 12.3. The quantitative estimate of drug-likeness (QED) is 0.635. The molecule has 0 radical (unpaired) electrons. The van der Waals surface area contributed by atoms with E-state index >= 15 is 0 Å². The van der Waals surface area contributed by atoms with Crippen LogP contribution in [0.4, 0.5) is 0 Å². The number of aromatic nitrogens is 1. The van der Waals surface area contributed by atoms with E-state index in [1.165, 1.54) is 17.3 Å². The van der Waals surface area contributed by atoms with Gasteiger partial charge in [-0.15, -0.1) is 11.8 Å². The van der Waals surface area contributed by atoms with Crippen LogP contribution in [0.1, 0.15) is 18.9 Å². The monoisotopic (exact) mass is 380 g/mol. The summed E-state index contributed by atoms with van der Waals surface area (Å²) in [7, 11) is 1.76. The van der Waals surface area contributed by atoms with Gasteiger partial charge in [-0.3, -0.25) is 9.59 Å². The van der Waals surface area contributed by atoms with Gasteiger partial charge in [0.2, 0.25) is 5.91 Å². The average molecular weight is 381 g/mol. The van der Waals surface area contributed by atoms with Crippen molar-refractivity contribution in [1.82, 2.24) is 9.88 Å². The van der Waals surface area contributed by atoms with Gasteiger partial charge in [0.1, 0.15) is 0 Å². The Bertz CT molecular complexity index is 983. The fourth-order valence-corrected chi connectivity index (χ4v) is 3.94. The molecule has 2 aromatic carbocycles. The number of hydrogen-bond donors (Lipinski definition) is 1. The molecule has 1 atom stereocenters. The minimum Gasteiger partial charge on any atom is -0.353 e. The smallest absolute Gasteiger partial charge is 0.251 e. The van der Waals surface area contributed by atoms with Crippen molar-refractivity contribution in [3.05, 3.63) is 76.6 Å². The van der Waals surface area contributed by atoms with E-state index < -0.39 is 0 Å². The van der Waals surface area contributed by atoms with Crippen molar-refractivity contribution in [2.45, 2.75) is 30.7 Å². The van der Waals surface area contributed by atoms with Crippen LogP contribution in [0.25, 0.3) is 10.9 Å². The van der Waals surface area contributed by atoms with E-state index in [4.69, 9.17) is 0 Å². The molecule has 0 saturated carbocycles. The lowest BCUT2D eigenvalue weighted by molar-refractivity contribution is -0.119. The molecule has 140 valence electrons. The number of fused-ring (bicyclic) bond motifs is 1. The van der Waals surface area contributed by atoms with Crippen LogP contribution in [0.15, 0.2) is 70.4 Å². The number of pyridine rings is 1. The molecule has 1 amide bonds. The van der Waals surface area contributed by atoms with Crippen molar-refractivity contribution < 1.29 is 4.79 Å². The number of hydrogen-bond acceptors (Lipinski definition) is 3. The van der Waals surface area contributed by atoms with E-state index in [9.17, 15) is 9.59 Å². The summed E-state index contributed by atoms with van der Waals surface area (Å²) in [5.74, 6) is 0.289. The molecule has 1 N–H and O–H groups in total. The minimum atomic E-state index is -0.0622.